The fraction of sp³-hybridized carbons (Fsp3) is 0.385. The molecule has 19 heavy (non-hydrogen) atoms. The van der Waals surface area contributed by atoms with E-state index in [1.165, 1.54) is 6.07 Å². The van der Waals surface area contributed by atoms with Crippen molar-refractivity contribution in [2.75, 3.05) is 0 Å². The van der Waals surface area contributed by atoms with Crippen molar-refractivity contribution in [1.29, 1.82) is 0 Å². The molecule has 0 amide bonds. The van der Waals surface area contributed by atoms with Crippen molar-refractivity contribution in [2.24, 2.45) is 0 Å². The number of benzene rings is 1. The lowest BCUT2D eigenvalue weighted by Crippen LogP contribution is -2.05. The van der Waals surface area contributed by atoms with Gasteiger partial charge < -0.3 is 4.57 Å². The molecule has 2 aromatic rings. The second-order valence-corrected chi connectivity index (χ2v) is 4.57. The molecule has 0 saturated heterocycles. The summed E-state index contributed by atoms with van der Waals surface area (Å²) in [4.78, 5) is 0. The van der Waals surface area contributed by atoms with Gasteiger partial charge in [-0.3, -0.25) is 0 Å². The average molecular weight is 286 g/mol. The van der Waals surface area contributed by atoms with Crippen LogP contribution in [0, 0.1) is 18.6 Å². The van der Waals surface area contributed by atoms with E-state index in [1.54, 1.807) is 11.5 Å². The molecule has 0 unspecified atom stereocenters. The molecule has 102 valence electrons. The van der Waals surface area contributed by atoms with Crippen molar-refractivity contribution in [3.63, 3.8) is 0 Å². The third kappa shape index (κ3) is 2.61. The summed E-state index contributed by atoms with van der Waals surface area (Å²) in [5, 5.41) is 7.92. The van der Waals surface area contributed by atoms with Gasteiger partial charge in [0, 0.05) is 12.6 Å². The quantitative estimate of drug-likeness (QED) is 0.802. The van der Waals surface area contributed by atoms with Crippen molar-refractivity contribution in [1.82, 2.24) is 14.8 Å². The molecule has 1 aromatic carbocycles. The Balaban J connectivity index is 2.58. The molecule has 3 nitrogen and oxygen atoms in total. The monoisotopic (exact) mass is 285 g/mol. The zero-order valence-electron chi connectivity index (χ0n) is 10.8. The van der Waals surface area contributed by atoms with Crippen LogP contribution in [0.25, 0.3) is 11.4 Å². The van der Waals surface area contributed by atoms with E-state index in [9.17, 15) is 8.78 Å². The van der Waals surface area contributed by atoms with Gasteiger partial charge in [-0.15, -0.1) is 21.8 Å². The summed E-state index contributed by atoms with van der Waals surface area (Å²) in [5.74, 6) is -0.0400. The van der Waals surface area contributed by atoms with Crippen LogP contribution in [0.4, 0.5) is 8.78 Å². The van der Waals surface area contributed by atoms with E-state index in [4.69, 9.17) is 11.6 Å². The zero-order chi connectivity index (χ0) is 14.0. The Labute approximate surface area is 115 Å². The highest BCUT2D eigenvalue weighted by molar-refractivity contribution is 6.16. The van der Waals surface area contributed by atoms with E-state index in [0.717, 1.165) is 12.5 Å². The Kier molecular flexibility index (Phi) is 4.14. The molecular formula is C13H14ClF2N3. The molecule has 0 fully saturated rings. The molecule has 0 bridgehead atoms. The van der Waals surface area contributed by atoms with Gasteiger partial charge in [-0.1, -0.05) is 6.92 Å². The first-order valence-corrected chi connectivity index (χ1v) is 6.56. The molecular weight excluding hydrogens is 272 g/mol. The van der Waals surface area contributed by atoms with E-state index in [1.807, 2.05) is 6.92 Å². The smallest absolute Gasteiger partial charge is 0.166 e. The summed E-state index contributed by atoms with van der Waals surface area (Å²) < 4.78 is 29.0. The minimum absolute atomic E-state index is 0.203. The normalized spacial score (nSPS) is 11.0. The number of rotatable bonds is 4. The molecule has 2 rings (SSSR count). The predicted octanol–water partition coefficient (Wildman–Crippen LogP) is 3.68. The number of aryl methyl sites for hydroxylation is 1. The Morgan fingerprint density at radius 1 is 1.21 bits per heavy atom. The molecule has 0 spiro atoms. The van der Waals surface area contributed by atoms with Crippen LogP contribution in [0.3, 0.4) is 0 Å². The lowest BCUT2D eigenvalue weighted by molar-refractivity contribution is 0.576. The standard InChI is InChI=1S/C13H14ClF2N3/c1-3-4-19-12(7-14)17-18-13(19)9-5-8(2)10(15)6-11(9)16/h5-6H,3-4,7H2,1-2H3. The Morgan fingerprint density at radius 3 is 2.58 bits per heavy atom. The molecule has 0 aliphatic rings. The van der Waals surface area contributed by atoms with Gasteiger partial charge in [0.2, 0.25) is 0 Å². The number of halogens is 3. The Bertz CT molecular complexity index is 596. The first kappa shape index (κ1) is 13.9. The summed E-state index contributed by atoms with van der Waals surface area (Å²) >= 11 is 5.79. The first-order valence-electron chi connectivity index (χ1n) is 6.02. The maximum absolute atomic E-state index is 13.9. The van der Waals surface area contributed by atoms with Crippen LogP contribution >= 0.6 is 11.6 Å². The van der Waals surface area contributed by atoms with Crippen molar-refractivity contribution in [3.05, 3.63) is 35.2 Å². The molecule has 0 atom stereocenters. The maximum atomic E-state index is 13.9. The van der Waals surface area contributed by atoms with E-state index in [0.29, 0.717) is 23.8 Å². The van der Waals surface area contributed by atoms with E-state index < -0.39 is 11.6 Å². The summed E-state index contributed by atoms with van der Waals surface area (Å²) in [7, 11) is 0. The van der Waals surface area contributed by atoms with Gasteiger partial charge in [0.1, 0.15) is 17.5 Å². The largest absolute Gasteiger partial charge is 0.310 e. The Hall–Kier alpha value is -1.49. The number of aromatic nitrogens is 3. The average Bonchev–Trinajstić information content (AvgIpc) is 2.77. The topological polar surface area (TPSA) is 30.7 Å². The SMILES string of the molecule is CCCn1c(CCl)nnc1-c1cc(C)c(F)cc1F. The fourth-order valence-corrected chi connectivity index (χ4v) is 2.12. The second-order valence-electron chi connectivity index (χ2n) is 4.31. The molecule has 1 heterocycles. The highest BCUT2D eigenvalue weighted by Gasteiger charge is 2.17. The van der Waals surface area contributed by atoms with Gasteiger partial charge in [0.25, 0.3) is 0 Å². The summed E-state index contributed by atoms with van der Waals surface area (Å²) in [5.41, 5.74) is 0.617. The van der Waals surface area contributed by atoms with Crippen LogP contribution < -0.4 is 0 Å². The molecule has 1 aromatic heterocycles. The van der Waals surface area contributed by atoms with Gasteiger partial charge >= 0.3 is 0 Å². The van der Waals surface area contributed by atoms with Crippen LogP contribution in [-0.4, -0.2) is 14.8 Å². The van der Waals surface area contributed by atoms with Crippen LogP contribution in [-0.2, 0) is 12.4 Å². The van der Waals surface area contributed by atoms with Crippen molar-refractivity contribution in [2.45, 2.75) is 32.7 Å². The number of alkyl halides is 1. The maximum Gasteiger partial charge on any atom is 0.166 e. The predicted molar refractivity (Wildman–Crippen MR) is 70.0 cm³/mol. The van der Waals surface area contributed by atoms with Crippen molar-refractivity contribution >= 4 is 11.6 Å². The first-order chi connectivity index (χ1) is 9.08. The molecule has 0 aliphatic heterocycles. The molecule has 0 N–H and O–H groups in total. The second kappa shape index (κ2) is 5.65. The summed E-state index contributed by atoms with van der Waals surface area (Å²) in [6, 6.07) is 2.31. The number of nitrogens with zero attached hydrogens (tertiary/aromatic N) is 3. The lowest BCUT2D eigenvalue weighted by Gasteiger charge is -2.09. The fourth-order valence-electron chi connectivity index (χ4n) is 1.92. The minimum atomic E-state index is -0.644. The number of hydrogen-bond acceptors (Lipinski definition) is 2. The van der Waals surface area contributed by atoms with Gasteiger partial charge in [-0.25, -0.2) is 8.78 Å². The molecule has 0 radical (unpaired) electrons. The van der Waals surface area contributed by atoms with Crippen LogP contribution in [0.2, 0.25) is 0 Å². The molecule has 6 heteroatoms. The van der Waals surface area contributed by atoms with Crippen LogP contribution in [0.1, 0.15) is 24.7 Å². The van der Waals surface area contributed by atoms with E-state index in [-0.39, 0.29) is 11.4 Å². The summed E-state index contributed by atoms with van der Waals surface area (Å²) in [6.07, 6.45) is 0.844. The zero-order valence-corrected chi connectivity index (χ0v) is 11.5. The molecule has 0 aliphatic carbocycles. The third-order valence-corrected chi connectivity index (χ3v) is 3.12. The van der Waals surface area contributed by atoms with Gasteiger partial charge in [0.05, 0.1) is 11.4 Å². The highest BCUT2D eigenvalue weighted by atomic mass is 35.5. The van der Waals surface area contributed by atoms with E-state index >= 15 is 0 Å². The Morgan fingerprint density at radius 2 is 1.95 bits per heavy atom. The highest BCUT2D eigenvalue weighted by Crippen LogP contribution is 2.25. The van der Waals surface area contributed by atoms with Gasteiger partial charge in [0.15, 0.2) is 5.82 Å². The van der Waals surface area contributed by atoms with Crippen molar-refractivity contribution < 1.29 is 8.78 Å². The summed E-state index contributed by atoms with van der Waals surface area (Å²) in [6.45, 7) is 4.22. The lowest BCUT2D eigenvalue weighted by atomic mass is 10.1. The van der Waals surface area contributed by atoms with Gasteiger partial charge in [-0.2, -0.15) is 0 Å². The van der Waals surface area contributed by atoms with Crippen LogP contribution in [0.15, 0.2) is 12.1 Å². The number of hydrogen-bond donors (Lipinski definition) is 0. The molecule has 0 saturated carbocycles. The third-order valence-electron chi connectivity index (χ3n) is 2.88. The van der Waals surface area contributed by atoms with Crippen molar-refractivity contribution in [3.8, 4) is 11.4 Å². The van der Waals surface area contributed by atoms with E-state index in [2.05, 4.69) is 10.2 Å². The minimum Gasteiger partial charge on any atom is -0.310 e. The van der Waals surface area contributed by atoms with Gasteiger partial charge in [-0.05, 0) is 25.0 Å². The van der Waals surface area contributed by atoms with Crippen LogP contribution in [0.5, 0.6) is 0 Å².